The Morgan fingerprint density at radius 3 is 3.00 bits per heavy atom. The molecular formula is C8H12N2O2S. The Morgan fingerprint density at radius 2 is 2.54 bits per heavy atom. The molecule has 4 nitrogen and oxygen atoms in total. The number of aromatic nitrogens is 1. The number of ether oxygens (including phenoxy) is 1. The van der Waals surface area contributed by atoms with Crippen molar-refractivity contribution in [1.29, 1.82) is 0 Å². The molecule has 0 spiro atoms. The zero-order valence-electron chi connectivity index (χ0n) is 7.61. The number of carbonyl (C=O) groups is 1. The van der Waals surface area contributed by atoms with Crippen molar-refractivity contribution >= 4 is 17.3 Å². The standard InChI is InChI=1S/C8H12N2O2S/c1-5-4-10-8(13-5)6(9)3-7(11)12-2/h4,6H,3,9H2,1-2H3/t6-/m0/s1. The summed E-state index contributed by atoms with van der Waals surface area (Å²) in [6.07, 6.45) is 1.93. The average molecular weight is 200 g/mol. The molecule has 1 heterocycles. The Labute approximate surface area is 80.7 Å². The highest BCUT2D eigenvalue weighted by molar-refractivity contribution is 7.11. The van der Waals surface area contributed by atoms with Crippen LogP contribution in [0.1, 0.15) is 22.3 Å². The van der Waals surface area contributed by atoms with E-state index in [0.29, 0.717) is 0 Å². The van der Waals surface area contributed by atoms with Crippen molar-refractivity contribution in [2.45, 2.75) is 19.4 Å². The average Bonchev–Trinajstić information content (AvgIpc) is 2.51. The van der Waals surface area contributed by atoms with Crippen LogP contribution in [0.25, 0.3) is 0 Å². The second-order valence-corrected chi connectivity index (χ2v) is 3.96. The predicted octanol–water partition coefficient (Wildman–Crippen LogP) is 1.01. The van der Waals surface area contributed by atoms with Gasteiger partial charge in [-0.2, -0.15) is 0 Å². The molecule has 0 aliphatic rings. The molecular weight excluding hydrogens is 188 g/mol. The lowest BCUT2D eigenvalue weighted by Gasteiger charge is -2.05. The Hall–Kier alpha value is -0.940. The van der Waals surface area contributed by atoms with Crippen LogP contribution in [0, 0.1) is 6.92 Å². The van der Waals surface area contributed by atoms with E-state index in [2.05, 4.69) is 9.72 Å². The van der Waals surface area contributed by atoms with Gasteiger partial charge >= 0.3 is 5.97 Å². The maximum absolute atomic E-state index is 10.9. The van der Waals surface area contributed by atoms with E-state index in [1.807, 2.05) is 6.92 Å². The van der Waals surface area contributed by atoms with Gasteiger partial charge in [-0.25, -0.2) is 4.98 Å². The van der Waals surface area contributed by atoms with Crippen molar-refractivity contribution in [1.82, 2.24) is 4.98 Å². The molecule has 0 aliphatic carbocycles. The Morgan fingerprint density at radius 1 is 1.85 bits per heavy atom. The van der Waals surface area contributed by atoms with Gasteiger partial charge in [0.05, 0.1) is 19.6 Å². The summed E-state index contributed by atoms with van der Waals surface area (Å²) in [7, 11) is 1.35. The highest BCUT2D eigenvalue weighted by Gasteiger charge is 2.14. The molecule has 1 rings (SSSR count). The largest absolute Gasteiger partial charge is 0.469 e. The second kappa shape index (κ2) is 4.34. The number of thiazole rings is 1. The van der Waals surface area contributed by atoms with Crippen LogP contribution in [0.3, 0.4) is 0 Å². The summed E-state index contributed by atoms with van der Waals surface area (Å²) in [5, 5.41) is 0.780. The molecule has 5 heteroatoms. The van der Waals surface area contributed by atoms with Crippen molar-refractivity contribution in [3.05, 3.63) is 16.1 Å². The van der Waals surface area contributed by atoms with Gasteiger partial charge < -0.3 is 10.5 Å². The van der Waals surface area contributed by atoms with Crippen LogP contribution >= 0.6 is 11.3 Å². The lowest BCUT2D eigenvalue weighted by atomic mass is 10.2. The Bertz CT molecular complexity index is 298. The van der Waals surface area contributed by atoms with Crippen molar-refractivity contribution in [2.24, 2.45) is 5.73 Å². The summed E-state index contributed by atoms with van der Waals surface area (Å²) in [4.78, 5) is 16.1. The topological polar surface area (TPSA) is 65.2 Å². The first kappa shape index (κ1) is 10.1. The van der Waals surface area contributed by atoms with Gasteiger partial charge in [0.1, 0.15) is 5.01 Å². The van der Waals surface area contributed by atoms with E-state index in [4.69, 9.17) is 5.73 Å². The minimum atomic E-state index is -0.342. The summed E-state index contributed by atoms with van der Waals surface area (Å²) in [5.41, 5.74) is 5.73. The van der Waals surface area contributed by atoms with Gasteiger partial charge in [-0.1, -0.05) is 0 Å². The molecule has 0 aliphatic heterocycles. The molecule has 0 aromatic carbocycles. The van der Waals surface area contributed by atoms with Crippen molar-refractivity contribution in [3.63, 3.8) is 0 Å². The fourth-order valence-electron chi connectivity index (χ4n) is 0.894. The highest BCUT2D eigenvalue weighted by atomic mass is 32.1. The first-order chi connectivity index (χ1) is 6.13. The van der Waals surface area contributed by atoms with E-state index in [9.17, 15) is 4.79 Å². The fourth-order valence-corrected chi connectivity index (χ4v) is 1.67. The van der Waals surface area contributed by atoms with Gasteiger partial charge in [-0.15, -0.1) is 11.3 Å². The summed E-state index contributed by atoms with van der Waals surface area (Å²) in [6.45, 7) is 1.95. The maximum atomic E-state index is 10.9. The minimum Gasteiger partial charge on any atom is -0.469 e. The number of nitrogens with zero attached hydrogens (tertiary/aromatic N) is 1. The number of rotatable bonds is 3. The zero-order valence-corrected chi connectivity index (χ0v) is 8.43. The molecule has 1 atom stereocenters. The van der Waals surface area contributed by atoms with Gasteiger partial charge in [0, 0.05) is 11.1 Å². The zero-order chi connectivity index (χ0) is 9.84. The van der Waals surface area contributed by atoms with Gasteiger partial charge in [0.2, 0.25) is 0 Å². The first-order valence-corrected chi connectivity index (χ1v) is 4.70. The SMILES string of the molecule is COC(=O)C[C@H](N)c1ncc(C)s1. The number of carbonyl (C=O) groups excluding carboxylic acids is 1. The number of hydrogen-bond acceptors (Lipinski definition) is 5. The molecule has 0 radical (unpaired) electrons. The number of hydrogen-bond donors (Lipinski definition) is 1. The van der Waals surface area contributed by atoms with Crippen LogP contribution in [-0.2, 0) is 9.53 Å². The third kappa shape index (κ3) is 2.78. The fraction of sp³-hybridized carbons (Fsp3) is 0.500. The summed E-state index contributed by atoms with van der Waals surface area (Å²) < 4.78 is 4.51. The summed E-state index contributed by atoms with van der Waals surface area (Å²) in [5.74, 6) is -0.305. The normalized spacial score (nSPS) is 12.5. The molecule has 13 heavy (non-hydrogen) atoms. The molecule has 0 bridgehead atoms. The second-order valence-electron chi connectivity index (χ2n) is 2.70. The van der Waals surface area contributed by atoms with Crippen LogP contribution in [0.2, 0.25) is 0 Å². The molecule has 0 amide bonds. The van der Waals surface area contributed by atoms with E-state index in [-0.39, 0.29) is 18.4 Å². The third-order valence-electron chi connectivity index (χ3n) is 1.57. The molecule has 1 aromatic heterocycles. The Balaban J connectivity index is 2.58. The van der Waals surface area contributed by atoms with E-state index >= 15 is 0 Å². The molecule has 1 aromatic rings. The number of nitrogens with two attached hydrogens (primary N) is 1. The van der Waals surface area contributed by atoms with Crippen LogP contribution in [0.15, 0.2) is 6.20 Å². The first-order valence-electron chi connectivity index (χ1n) is 3.88. The van der Waals surface area contributed by atoms with E-state index in [1.54, 1.807) is 6.20 Å². The molecule has 0 fully saturated rings. The van der Waals surface area contributed by atoms with E-state index in [1.165, 1.54) is 18.4 Å². The summed E-state index contributed by atoms with van der Waals surface area (Å²) >= 11 is 1.50. The predicted molar refractivity (Wildman–Crippen MR) is 50.4 cm³/mol. The quantitative estimate of drug-likeness (QED) is 0.740. The third-order valence-corrected chi connectivity index (χ3v) is 2.62. The van der Waals surface area contributed by atoms with Crippen LogP contribution in [0.5, 0.6) is 0 Å². The van der Waals surface area contributed by atoms with E-state index in [0.717, 1.165) is 9.88 Å². The number of esters is 1. The number of aryl methyl sites for hydroxylation is 1. The number of methoxy groups -OCH3 is 1. The van der Waals surface area contributed by atoms with Crippen molar-refractivity contribution in [3.8, 4) is 0 Å². The highest BCUT2D eigenvalue weighted by Crippen LogP contribution is 2.20. The van der Waals surface area contributed by atoms with Crippen molar-refractivity contribution in [2.75, 3.05) is 7.11 Å². The maximum Gasteiger partial charge on any atom is 0.307 e. The molecule has 72 valence electrons. The van der Waals surface area contributed by atoms with Crippen LogP contribution < -0.4 is 5.73 Å². The monoisotopic (exact) mass is 200 g/mol. The molecule has 2 N–H and O–H groups in total. The van der Waals surface area contributed by atoms with Gasteiger partial charge in [-0.05, 0) is 6.92 Å². The lowest BCUT2D eigenvalue weighted by Crippen LogP contribution is -2.15. The molecule has 0 saturated heterocycles. The molecule has 0 saturated carbocycles. The molecule has 0 unspecified atom stereocenters. The van der Waals surface area contributed by atoms with Crippen LogP contribution in [0.4, 0.5) is 0 Å². The van der Waals surface area contributed by atoms with Gasteiger partial charge in [-0.3, -0.25) is 4.79 Å². The smallest absolute Gasteiger partial charge is 0.307 e. The summed E-state index contributed by atoms with van der Waals surface area (Å²) in [6, 6.07) is -0.342. The van der Waals surface area contributed by atoms with E-state index < -0.39 is 0 Å². The minimum absolute atomic E-state index is 0.184. The Kier molecular flexibility index (Phi) is 3.39. The van der Waals surface area contributed by atoms with Gasteiger partial charge in [0.25, 0.3) is 0 Å². The van der Waals surface area contributed by atoms with Crippen LogP contribution in [-0.4, -0.2) is 18.1 Å². The lowest BCUT2D eigenvalue weighted by molar-refractivity contribution is -0.141. The van der Waals surface area contributed by atoms with Gasteiger partial charge in [0.15, 0.2) is 0 Å². The van der Waals surface area contributed by atoms with Crippen molar-refractivity contribution < 1.29 is 9.53 Å².